The number of ether oxygens (including phenoxy) is 3. The molecule has 2 aromatic carbocycles. The lowest BCUT2D eigenvalue weighted by molar-refractivity contribution is -0.385. The van der Waals surface area contributed by atoms with E-state index in [-0.39, 0.29) is 41.9 Å². The van der Waals surface area contributed by atoms with Crippen LogP contribution >= 0.6 is 0 Å². The van der Waals surface area contributed by atoms with Gasteiger partial charge in [0.15, 0.2) is 23.0 Å². The first-order valence-electron chi connectivity index (χ1n) is 10.2. The van der Waals surface area contributed by atoms with Gasteiger partial charge < -0.3 is 19.5 Å². The lowest BCUT2D eigenvalue weighted by atomic mass is 10.1. The van der Waals surface area contributed by atoms with Gasteiger partial charge in [-0.1, -0.05) is 0 Å². The number of rotatable bonds is 9. The Kier molecular flexibility index (Phi) is 6.66. The molecule has 0 spiro atoms. The molecule has 13 heteroatoms. The van der Waals surface area contributed by atoms with Crippen LogP contribution in [0, 0.1) is 15.9 Å². The summed E-state index contributed by atoms with van der Waals surface area (Å²) in [5.74, 6) is -0.106. The van der Waals surface area contributed by atoms with Crippen LogP contribution in [0.2, 0.25) is 0 Å². The monoisotopic (exact) mass is 482 g/mol. The summed E-state index contributed by atoms with van der Waals surface area (Å²) in [7, 11) is 2.70. The third-order valence-electron chi connectivity index (χ3n) is 4.92. The number of methoxy groups -OCH3 is 2. The van der Waals surface area contributed by atoms with Gasteiger partial charge in [0.1, 0.15) is 18.0 Å². The van der Waals surface area contributed by atoms with Crippen molar-refractivity contribution in [2.45, 2.75) is 0 Å². The summed E-state index contributed by atoms with van der Waals surface area (Å²) < 4.78 is 30.5. The molecule has 180 valence electrons. The second-order valence-corrected chi connectivity index (χ2v) is 7.06. The lowest BCUT2D eigenvalue weighted by Gasteiger charge is -2.11. The maximum atomic E-state index is 13.2. The van der Waals surface area contributed by atoms with Crippen molar-refractivity contribution in [2.24, 2.45) is 0 Å². The van der Waals surface area contributed by atoms with Crippen molar-refractivity contribution >= 4 is 17.2 Å². The number of amides is 1. The minimum absolute atomic E-state index is 0.0271. The smallest absolute Gasteiger partial charge is 0.286 e. The molecule has 0 saturated carbocycles. The molecule has 0 aliphatic heterocycles. The predicted molar refractivity (Wildman–Crippen MR) is 120 cm³/mol. The molecule has 1 N–H and O–H groups in total. The number of nitrogens with zero attached hydrogens (tertiary/aromatic N) is 5. The normalized spacial score (nSPS) is 10.7. The van der Waals surface area contributed by atoms with Crippen molar-refractivity contribution in [1.29, 1.82) is 0 Å². The minimum Gasteiger partial charge on any atom is -0.493 e. The van der Waals surface area contributed by atoms with Crippen LogP contribution in [0.15, 0.2) is 48.5 Å². The van der Waals surface area contributed by atoms with Gasteiger partial charge in [-0.2, -0.15) is 4.52 Å². The van der Waals surface area contributed by atoms with E-state index in [1.54, 1.807) is 24.3 Å². The molecule has 0 radical (unpaired) electrons. The van der Waals surface area contributed by atoms with Gasteiger partial charge in [0.05, 0.1) is 31.8 Å². The highest BCUT2D eigenvalue weighted by Gasteiger charge is 2.24. The standard InChI is InChI=1S/C22H19FN6O6/c1-33-17-11-15(16(29(31)32)12-18(17)34-2)22(30)24-9-10-35-20-8-7-19-25-26-21(28(19)27-20)13-3-5-14(23)6-4-13/h3-8,11-12H,9-10H2,1-2H3,(H,24,30). The molecule has 2 heterocycles. The summed E-state index contributed by atoms with van der Waals surface area (Å²) in [6.07, 6.45) is 0. The van der Waals surface area contributed by atoms with Gasteiger partial charge in [-0.05, 0) is 30.3 Å². The maximum absolute atomic E-state index is 13.2. The first-order chi connectivity index (χ1) is 16.9. The second-order valence-electron chi connectivity index (χ2n) is 7.06. The van der Waals surface area contributed by atoms with E-state index in [1.165, 1.54) is 36.9 Å². The summed E-state index contributed by atoms with van der Waals surface area (Å²) in [6.45, 7) is 0.0659. The van der Waals surface area contributed by atoms with E-state index in [0.717, 1.165) is 6.07 Å². The number of nitro benzene ring substituents is 1. The van der Waals surface area contributed by atoms with Crippen molar-refractivity contribution in [3.63, 3.8) is 0 Å². The summed E-state index contributed by atoms with van der Waals surface area (Å²) in [4.78, 5) is 23.3. The first-order valence-corrected chi connectivity index (χ1v) is 10.2. The molecule has 0 aliphatic rings. The second kappa shape index (κ2) is 9.99. The molecule has 0 fully saturated rings. The molecule has 0 atom stereocenters. The third kappa shape index (κ3) is 4.93. The number of benzene rings is 2. The van der Waals surface area contributed by atoms with Crippen LogP contribution in [-0.2, 0) is 0 Å². The predicted octanol–water partition coefficient (Wildman–Crippen LogP) is 2.66. The van der Waals surface area contributed by atoms with Crippen molar-refractivity contribution in [1.82, 2.24) is 25.1 Å². The van der Waals surface area contributed by atoms with E-state index in [1.807, 2.05) is 0 Å². The van der Waals surface area contributed by atoms with E-state index in [0.29, 0.717) is 17.0 Å². The highest BCUT2D eigenvalue weighted by molar-refractivity contribution is 5.99. The molecule has 4 rings (SSSR count). The number of carbonyl (C=O) groups is 1. The Morgan fingerprint density at radius 3 is 2.49 bits per heavy atom. The molecule has 0 bridgehead atoms. The molecule has 0 unspecified atom stereocenters. The Hall–Kier alpha value is -4.81. The van der Waals surface area contributed by atoms with Gasteiger partial charge >= 0.3 is 0 Å². The van der Waals surface area contributed by atoms with Crippen LogP contribution < -0.4 is 19.5 Å². The van der Waals surface area contributed by atoms with Crippen LogP contribution in [0.5, 0.6) is 17.4 Å². The van der Waals surface area contributed by atoms with Crippen molar-refractivity contribution in [3.8, 4) is 28.8 Å². The van der Waals surface area contributed by atoms with E-state index in [9.17, 15) is 19.3 Å². The highest BCUT2D eigenvalue weighted by atomic mass is 19.1. The molecule has 35 heavy (non-hydrogen) atoms. The summed E-state index contributed by atoms with van der Waals surface area (Å²) in [5, 5.41) is 26.4. The molecule has 0 aliphatic carbocycles. The number of aromatic nitrogens is 4. The molecular formula is C22H19FN6O6. The SMILES string of the molecule is COc1cc(C(=O)NCCOc2ccc3nnc(-c4ccc(F)cc4)n3n2)c([N+](=O)[O-])cc1OC. The highest BCUT2D eigenvalue weighted by Crippen LogP contribution is 2.34. The minimum atomic E-state index is -0.679. The van der Waals surface area contributed by atoms with Crippen molar-refractivity contribution in [2.75, 3.05) is 27.4 Å². The average Bonchev–Trinajstić information content (AvgIpc) is 3.29. The number of nitrogens with one attached hydrogen (secondary N) is 1. The van der Waals surface area contributed by atoms with Crippen molar-refractivity contribution in [3.05, 3.63) is 70.0 Å². The van der Waals surface area contributed by atoms with Crippen LogP contribution in [-0.4, -0.2) is 58.0 Å². The van der Waals surface area contributed by atoms with Gasteiger partial charge in [0.2, 0.25) is 5.88 Å². The number of hydrogen-bond acceptors (Lipinski definition) is 9. The molecule has 4 aromatic rings. The van der Waals surface area contributed by atoms with Gasteiger partial charge in [0.25, 0.3) is 11.6 Å². The largest absolute Gasteiger partial charge is 0.493 e. The van der Waals surface area contributed by atoms with E-state index in [2.05, 4.69) is 20.6 Å². The van der Waals surface area contributed by atoms with Crippen LogP contribution in [0.4, 0.5) is 10.1 Å². The zero-order chi connectivity index (χ0) is 24.9. The molecule has 0 saturated heterocycles. The maximum Gasteiger partial charge on any atom is 0.286 e. The lowest BCUT2D eigenvalue weighted by Crippen LogP contribution is -2.28. The van der Waals surface area contributed by atoms with Crippen LogP contribution in [0.25, 0.3) is 17.0 Å². The quantitative estimate of drug-likeness (QED) is 0.216. The Morgan fingerprint density at radius 1 is 1.09 bits per heavy atom. The van der Waals surface area contributed by atoms with Gasteiger partial charge in [-0.25, -0.2) is 4.39 Å². The fraction of sp³-hybridized carbons (Fsp3) is 0.182. The Morgan fingerprint density at radius 2 is 1.80 bits per heavy atom. The number of fused-ring (bicyclic) bond motifs is 1. The van der Waals surface area contributed by atoms with Crippen LogP contribution in [0.1, 0.15) is 10.4 Å². The summed E-state index contributed by atoms with van der Waals surface area (Å²) in [5.41, 5.74) is 0.479. The van der Waals surface area contributed by atoms with Gasteiger partial charge in [-0.3, -0.25) is 14.9 Å². The Bertz CT molecular complexity index is 1390. The van der Waals surface area contributed by atoms with Gasteiger partial charge in [0, 0.05) is 17.7 Å². The third-order valence-corrected chi connectivity index (χ3v) is 4.92. The number of nitro groups is 1. The average molecular weight is 482 g/mol. The van der Waals surface area contributed by atoms with Crippen molar-refractivity contribution < 1.29 is 28.3 Å². The molecule has 12 nitrogen and oxygen atoms in total. The topological polar surface area (TPSA) is 143 Å². The molecule has 2 aromatic heterocycles. The molecular weight excluding hydrogens is 463 g/mol. The van der Waals surface area contributed by atoms with E-state index in [4.69, 9.17) is 14.2 Å². The fourth-order valence-corrected chi connectivity index (χ4v) is 3.24. The number of halogens is 1. The fourth-order valence-electron chi connectivity index (χ4n) is 3.24. The molecule has 1 amide bonds. The van der Waals surface area contributed by atoms with Crippen LogP contribution in [0.3, 0.4) is 0 Å². The van der Waals surface area contributed by atoms with E-state index < -0.39 is 16.5 Å². The zero-order valence-corrected chi connectivity index (χ0v) is 18.6. The zero-order valence-electron chi connectivity index (χ0n) is 18.6. The first kappa shape index (κ1) is 23.4. The summed E-state index contributed by atoms with van der Waals surface area (Å²) >= 11 is 0. The number of hydrogen-bond donors (Lipinski definition) is 1. The Labute approximate surface area is 197 Å². The van der Waals surface area contributed by atoms with Gasteiger partial charge in [-0.15, -0.1) is 15.3 Å². The Balaban J connectivity index is 1.43. The van der Waals surface area contributed by atoms with E-state index >= 15 is 0 Å². The number of carbonyl (C=O) groups excluding carboxylic acids is 1. The summed E-state index contributed by atoms with van der Waals surface area (Å²) in [6, 6.07) is 11.3.